The summed E-state index contributed by atoms with van der Waals surface area (Å²) in [6.07, 6.45) is 3.93. The van der Waals surface area contributed by atoms with E-state index in [9.17, 15) is 0 Å². The van der Waals surface area contributed by atoms with E-state index in [4.69, 9.17) is 9.57 Å². The van der Waals surface area contributed by atoms with E-state index < -0.39 is 11.3 Å². The maximum Gasteiger partial charge on any atom is 0.222 e. The Morgan fingerprint density at radius 3 is 2.06 bits per heavy atom. The summed E-state index contributed by atoms with van der Waals surface area (Å²) in [5, 5.41) is 9.44. The summed E-state index contributed by atoms with van der Waals surface area (Å²) in [6, 6.07) is 31.7. The number of oxime groups is 1. The maximum atomic E-state index is 6.60. The predicted octanol–water partition coefficient (Wildman–Crippen LogP) is 6.17. The van der Waals surface area contributed by atoms with Crippen LogP contribution in [0.4, 0.5) is 0 Å². The highest BCUT2D eigenvalue weighted by Crippen LogP contribution is 2.46. The molecule has 5 rings (SSSR count). The molecule has 0 spiro atoms. The normalized spacial score (nSPS) is 22.8. The van der Waals surface area contributed by atoms with Crippen molar-refractivity contribution in [2.75, 3.05) is 13.7 Å². The Kier molecular flexibility index (Phi) is 6.63. The summed E-state index contributed by atoms with van der Waals surface area (Å²) in [7, 11) is 1.84. The van der Waals surface area contributed by atoms with Crippen LogP contribution in [-0.2, 0) is 15.2 Å². The zero-order chi connectivity index (χ0) is 24.3. The van der Waals surface area contributed by atoms with Crippen LogP contribution >= 0.6 is 0 Å². The van der Waals surface area contributed by atoms with Gasteiger partial charge in [-0.3, -0.25) is 0 Å². The van der Waals surface area contributed by atoms with Gasteiger partial charge in [0.15, 0.2) is 5.84 Å². The van der Waals surface area contributed by atoms with Gasteiger partial charge in [0, 0.05) is 25.6 Å². The molecule has 0 saturated carbocycles. The fourth-order valence-electron chi connectivity index (χ4n) is 5.91. The molecule has 2 atom stereocenters. The first-order valence-corrected chi connectivity index (χ1v) is 12.7. The Hall–Kier alpha value is -3.15. The van der Waals surface area contributed by atoms with Crippen LogP contribution in [0.3, 0.4) is 0 Å². The lowest BCUT2D eigenvalue weighted by molar-refractivity contribution is -0.193. The number of hydrazine groups is 1. The quantitative estimate of drug-likeness (QED) is 0.396. The van der Waals surface area contributed by atoms with Crippen molar-refractivity contribution in [1.29, 1.82) is 0 Å². The number of ether oxygens (including phenoxy) is 1. The number of hydrogen-bond donors (Lipinski definition) is 0. The van der Waals surface area contributed by atoms with Gasteiger partial charge in [-0.1, -0.05) is 109 Å². The highest BCUT2D eigenvalue weighted by molar-refractivity contribution is 5.99. The van der Waals surface area contributed by atoms with E-state index in [0.717, 1.165) is 54.8 Å². The number of methoxy groups -OCH3 is 1. The van der Waals surface area contributed by atoms with Crippen molar-refractivity contribution in [2.24, 2.45) is 5.16 Å². The summed E-state index contributed by atoms with van der Waals surface area (Å²) in [5.41, 5.74) is 2.16. The zero-order valence-electron chi connectivity index (χ0n) is 20.9. The average Bonchev–Trinajstić information content (AvgIpc) is 3.51. The number of benzene rings is 3. The average molecular weight is 470 g/mol. The number of rotatable bonds is 8. The Morgan fingerprint density at radius 1 is 0.943 bits per heavy atom. The van der Waals surface area contributed by atoms with Gasteiger partial charge in [-0.05, 0) is 30.9 Å². The lowest BCUT2D eigenvalue weighted by atomic mass is 9.79. The van der Waals surface area contributed by atoms with Gasteiger partial charge in [-0.2, -0.15) is 0 Å². The second kappa shape index (κ2) is 9.84. The highest BCUT2D eigenvalue weighted by Gasteiger charge is 2.54. The molecule has 0 amide bonds. The van der Waals surface area contributed by atoms with E-state index in [2.05, 4.69) is 114 Å². The van der Waals surface area contributed by atoms with Crippen molar-refractivity contribution >= 4 is 5.84 Å². The molecule has 182 valence electrons. The second-order valence-electron chi connectivity index (χ2n) is 9.60. The van der Waals surface area contributed by atoms with E-state index in [0.29, 0.717) is 0 Å². The van der Waals surface area contributed by atoms with Gasteiger partial charge in [-0.15, -0.1) is 0 Å². The topological polar surface area (TPSA) is 37.3 Å². The van der Waals surface area contributed by atoms with E-state index >= 15 is 0 Å². The molecule has 0 aliphatic carbocycles. The number of amidine groups is 1. The summed E-state index contributed by atoms with van der Waals surface area (Å²) < 4.78 is 6.60. The lowest BCUT2D eigenvalue weighted by Gasteiger charge is -2.49. The smallest absolute Gasteiger partial charge is 0.222 e. The van der Waals surface area contributed by atoms with Crippen LogP contribution < -0.4 is 0 Å². The van der Waals surface area contributed by atoms with Crippen LogP contribution in [0.2, 0.25) is 0 Å². The fourth-order valence-corrected chi connectivity index (χ4v) is 5.91. The number of hydrogen-bond acceptors (Lipinski definition) is 5. The summed E-state index contributed by atoms with van der Waals surface area (Å²) in [4.78, 5) is 6.21. The van der Waals surface area contributed by atoms with Crippen molar-refractivity contribution in [2.45, 2.75) is 56.9 Å². The molecule has 0 unspecified atom stereocenters. The van der Waals surface area contributed by atoms with Crippen molar-refractivity contribution in [1.82, 2.24) is 10.0 Å². The Bertz CT molecular complexity index is 1100. The predicted molar refractivity (Wildman–Crippen MR) is 140 cm³/mol. The van der Waals surface area contributed by atoms with Gasteiger partial charge in [0.2, 0.25) is 5.72 Å². The van der Waals surface area contributed by atoms with Gasteiger partial charge in [0.1, 0.15) is 5.60 Å². The molecule has 2 aliphatic rings. The standard InChI is InChI=1S/C30H35N3O2/c1-4-22-29(2)33(28(31-35-29)24-15-8-5-9-16-24)32-23-14-21-27(32)30(34-3,25-17-10-6-11-18-25)26-19-12-7-13-20-26/h5-13,15-20,27H,4,14,21-23H2,1-3H3/t27-,29-/m0/s1. The van der Waals surface area contributed by atoms with Gasteiger partial charge in [0.05, 0.1) is 6.04 Å². The SMILES string of the molecule is CCC[C@]1(C)ON=C(c2ccccc2)N1N1CCC[C@H]1C(OC)(c1ccccc1)c1ccccc1. The number of nitrogens with zero attached hydrogens (tertiary/aromatic N) is 3. The maximum absolute atomic E-state index is 6.60. The van der Waals surface area contributed by atoms with Crippen LogP contribution in [0.15, 0.2) is 96.2 Å². The molecule has 1 fully saturated rings. The molecule has 3 aromatic carbocycles. The molecular weight excluding hydrogens is 434 g/mol. The molecule has 0 N–H and O–H groups in total. The van der Waals surface area contributed by atoms with Crippen molar-refractivity contribution in [3.05, 3.63) is 108 Å². The third-order valence-corrected chi connectivity index (χ3v) is 7.40. The Labute approximate surface area is 208 Å². The molecule has 0 radical (unpaired) electrons. The van der Waals surface area contributed by atoms with Crippen molar-refractivity contribution in [3.8, 4) is 0 Å². The molecule has 0 bridgehead atoms. The van der Waals surface area contributed by atoms with Gasteiger partial charge in [-0.25, -0.2) is 10.0 Å². The molecule has 5 nitrogen and oxygen atoms in total. The van der Waals surface area contributed by atoms with Crippen LogP contribution in [-0.4, -0.2) is 41.3 Å². The minimum atomic E-state index is -0.642. The van der Waals surface area contributed by atoms with Crippen LogP contribution in [0.25, 0.3) is 0 Å². The van der Waals surface area contributed by atoms with Crippen LogP contribution in [0.5, 0.6) is 0 Å². The molecule has 2 heterocycles. The molecule has 5 heteroatoms. The Morgan fingerprint density at radius 2 is 1.51 bits per heavy atom. The van der Waals surface area contributed by atoms with E-state index in [-0.39, 0.29) is 6.04 Å². The molecule has 1 saturated heterocycles. The van der Waals surface area contributed by atoms with E-state index in [1.807, 2.05) is 13.2 Å². The van der Waals surface area contributed by atoms with Crippen molar-refractivity contribution in [3.63, 3.8) is 0 Å². The zero-order valence-corrected chi connectivity index (χ0v) is 20.9. The minimum absolute atomic E-state index is 0.0593. The first kappa shape index (κ1) is 23.6. The molecule has 3 aromatic rings. The summed E-state index contributed by atoms with van der Waals surface area (Å²) in [5.74, 6) is 0.861. The summed E-state index contributed by atoms with van der Waals surface area (Å²) >= 11 is 0. The van der Waals surface area contributed by atoms with Gasteiger partial charge in [0.25, 0.3) is 0 Å². The third kappa shape index (κ3) is 4.03. The van der Waals surface area contributed by atoms with Crippen LogP contribution in [0, 0.1) is 0 Å². The molecule has 0 aromatic heterocycles. The first-order valence-electron chi connectivity index (χ1n) is 12.7. The van der Waals surface area contributed by atoms with Gasteiger partial charge >= 0.3 is 0 Å². The van der Waals surface area contributed by atoms with E-state index in [1.165, 1.54) is 0 Å². The first-order chi connectivity index (χ1) is 17.1. The second-order valence-corrected chi connectivity index (χ2v) is 9.60. The molecule has 2 aliphatic heterocycles. The minimum Gasteiger partial charge on any atom is -0.367 e. The van der Waals surface area contributed by atoms with E-state index in [1.54, 1.807) is 0 Å². The highest BCUT2D eigenvalue weighted by atomic mass is 16.7. The third-order valence-electron chi connectivity index (χ3n) is 7.40. The monoisotopic (exact) mass is 469 g/mol. The summed E-state index contributed by atoms with van der Waals surface area (Å²) in [6.45, 7) is 5.26. The fraction of sp³-hybridized carbons (Fsp3) is 0.367. The molecule has 35 heavy (non-hydrogen) atoms. The Balaban J connectivity index is 1.65. The van der Waals surface area contributed by atoms with Gasteiger partial charge < -0.3 is 9.57 Å². The lowest BCUT2D eigenvalue weighted by Crippen LogP contribution is -2.62. The molecular formula is C30H35N3O2. The largest absolute Gasteiger partial charge is 0.367 e. The van der Waals surface area contributed by atoms with Crippen LogP contribution in [0.1, 0.15) is 56.2 Å². The van der Waals surface area contributed by atoms with Crippen molar-refractivity contribution < 1.29 is 9.57 Å².